The number of aryl methyl sites for hydroxylation is 1. The molecule has 0 spiro atoms. The van der Waals surface area contributed by atoms with E-state index in [1.807, 2.05) is 36.5 Å². The van der Waals surface area contributed by atoms with Gasteiger partial charge in [0, 0.05) is 46.4 Å². The standard InChI is InChI=1S/C23H19N3O3/c1-2-3-11-26-12-16(14-7-4-5-9-18(14)26)19-20(22(28)25-21(19)27)17-13-29-23-15(17)8-6-10-24-23/h4-10,12-13H,2-3,11H2,1H3,(H,25,27,28). The molecule has 0 radical (unpaired) electrons. The van der Waals surface area contributed by atoms with Gasteiger partial charge in [-0.1, -0.05) is 31.5 Å². The fraction of sp³-hybridized carbons (Fsp3) is 0.174. The second-order valence-electron chi connectivity index (χ2n) is 7.15. The first-order valence-corrected chi connectivity index (χ1v) is 9.70. The average molecular weight is 385 g/mol. The number of fused-ring (bicyclic) bond motifs is 2. The Balaban J connectivity index is 1.79. The quantitative estimate of drug-likeness (QED) is 0.524. The van der Waals surface area contributed by atoms with Crippen LogP contribution in [0.4, 0.5) is 0 Å². The Hall–Kier alpha value is -3.67. The Bertz CT molecular complexity index is 1310. The zero-order valence-corrected chi connectivity index (χ0v) is 15.9. The third-order valence-electron chi connectivity index (χ3n) is 5.36. The monoisotopic (exact) mass is 385 g/mol. The van der Waals surface area contributed by atoms with Crippen molar-refractivity contribution in [3.63, 3.8) is 0 Å². The number of furan rings is 1. The number of hydrogen-bond donors (Lipinski definition) is 1. The lowest BCUT2D eigenvalue weighted by molar-refractivity contribution is -0.122. The van der Waals surface area contributed by atoms with Crippen LogP contribution in [0.1, 0.15) is 30.9 Å². The van der Waals surface area contributed by atoms with Gasteiger partial charge in [-0.3, -0.25) is 14.9 Å². The lowest BCUT2D eigenvalue weighted by Crippen LogP contribution is -2.22. The van der Waals surface area contributed by atoms with Gasteiger partial charge in [0.1, 0.15) is 6.26 Å². The first kappa shape index (κ1) is 17.4. The number of carbonyl (C=O) groups excluding carboxylic acids is 2. The van der Waals surface area contributed by atoms with Gasteiger partial charge in [0.05, 0.1) is 11.1 Å². The van der Waals surface area contributed by atoms with Gasteiger partial charge in [-0.25, -0.2) is 4.98 Å². The van der Waals surface area contributed by atoms with Gasteiger partial charge in [-0.2, -0.15) is 0 Å². The lowest BCUT2D eigenvalue weighted by atomic mass is 9.96. The molecule has 0 aliphatic carbocycles. The number of carbonyl (C=O) groups is 2. The molecule has 1 N–H and O–H groups in total. The van der Waals surface area contributed by atoms with Crippen molar-refractivity contribution in [2.45, 2.75) is 26.3 Å². The molecule has 1 aliphatic rings. The minimum Gasteiger partial charge on any atom is -0.445 e. The predicted octanol–water partition coefficient (Wildman–Crippen LogP) is 4.15. The number of unbranched alkanes of at least 4 members (excludes halogenated alkanes) is 1. The maximum Gasteiger partial charge on any atom is 0.259 e. The molecule has 4 heterocycles. The Morgan fingerprint density at radius 1 is 1.00 bits per heavy atom. The van der Waals surface area contributed by atoms with Gasteiger partial charge in [0.25, 0.3) is 11.8 Å². The highest BCUT2D eigenvalue weighted by Gasteiger charge is 2.35. The molecular formula is C23H19N3O3. The summed E-state index contributed by atoms with van der Waals surface area (Å²) < 4.78 is 7.69. The summed E-state index contributed by atoms with van der Waals surface area (Å²) >= 11 is 0. The van der Waals surface area contributed by atoms with E-state index >= 15 is 0 Å². The molecule has 29 heavy (non-hydrogen) atoms. The summed E-state index contributed by atoms with van der Waals surface area (Å²) in [6.07, 6.45) is 7.22. The van der Waals surface area contributed by atoms with E-state index in [1.165, 1.54) is 6.26 Å². The summed E-state index contributed by atoms with van der Waals surface area (Å²) in [6.45, 7) is 3.00. The van der Waals surface area contributed by atoms with Crippen molar-refractivity contribution in [1.29, 1.82) is 0 Å². The van der Waals surface area contributed by atoms with Gasteiger partial charge in [0.15, 0.2) is 0 Å². The fourth-order valence-electron chi connectivity index (χ4n) is 3.99. The first-order valence-electron chi connectivity index (χ1n) is 9.70. The van der Waals surface area contributed by atoms with Crippen molar-refractivity contribution in [2.24, 2.45) is 0 Å². The van der Waals surface area contributed by atoms with Crippen LogP contribution < -0.4 is 5.32 Å². The lowest BCUT2D eigenvalue weighted by Gasteiger charge is -2.03. The summed E-state index contributed by atoms with van der Waals surface area (Å²) in [7, 11) is 0. The van der Waals surface area contributed by atoms with Crippen molar-refractivity contribution >= 4 is 45.0 Å². The van der Waals surface area contributed by atoms with Crippen molar-refractivity contribution < 1.29 is 14.0 Å². The van der Waals surface area contributed by atoms with E-state index in [0.717, 1.165) is 35.9 Å². The zero-order chi connectivity index (χ0) is 20.0. The summed E-state index contributed by atoms with van der Waals surface area (Å²) in [5.41, 5.74) is 3.54. The molecule has 1 aromatic carbocycles. The van der Waals surface area contributed by atoms with Crippen LogP contribution in [0.3, 0.4) is 0 Å². The fourth-order valence-corrected chi connectivity index (χ4v) is 3.99. The van der Waals surface area contributed by atoms with E-state index in [9.17, 15) is 9.59 Å². The molecule has 1 aliphatic heterocycles. The van der Waals surface area contributed by atoms with Crippen LogP contribution in [0.25, 0.3) is 33.1 Å². The number of imide groups is 1. The van der Waals surface area contributed by atoms with Crippen LogP contribution in [0.5, 0.6) is 0 Å². The smallest absolute Gasteiger partial charge is 0.259 e. The number of hydrogen-bond acceptors (Lipinski definition) is 4. The average Bonchev–Trinajstić information content (AvgIpc) is 3.39. The number of aromatic nitrogens is 2. The number of nitrogens with zero attached hydrogens (tertiary/aromatic N) is 2. The van der Waals surface area contributed by atoms with E-state index in [2.05, 4.69) is 21.8 Å². The van der Waals surface area contributed by atoms with Crippen molar-refractivity contribution in [3.8, 4) is 0 Å². The Kier molecular flexibility index (Phi) is 4.05. The Morgan fingerprint density at radius 2 is 1.76 bits per heavy atom. The topological polar surface area (TPSA) is 77.1 Å². The Morgan fingerprint density at radius 3 is 2.59 bits per heavy atom. The van der Waals surface area contributed by atoms with Crippen LogP contribution in [0, 0.1) is 0 Å². The molecule has 6 nitrogen and oxygen atoms in total. The maximum atomic E-state index is 12.8. The second kappa shape index (κ2) is 6.74. The Labute approximate surface area is 166 Å². The highest BCUT2D eigenvalue weighted by molar-refractivity contribution is 6.50. The maximum absolute atomic E-state index is 12.8. The number of nitrogens with one attached hydrogen (secondary N) is 1. The summed E-state index contributed by atoms with van der Waals surface area (Å²) in [6, 6.07) is 11.6. The first-order chi connectivity index (χ1) is 14.2. The molecule has 0 atom stereocenters. The van der Waals surface area contributed by atoms with Crippen molar-refractivity contribution in [3.05, 3.63) is 66.2 Å². The van der Waals surface area contributed by atoms with Gasteiger partial charge in [-0.15, -0.1) is 0 Å². The van der Waals surface area contributed by atoms with Crippen LogP contribution in [0.2, 0.25) is 0 Å². The van der Waals surface area contributed by atoms with E-state index in [0.29, 0.717) is 27.8 Å². The number of para-hydroxylation sites is 1. The van der Waals surface area contributed by atoms with Crippen LogP contribution in [-0.2, 0) is 16.1 Å². The molecular weight excluding hydrogens is 366 g/mol. The van der Waals surface area contributed by atoms with Crippen LogP contribution in [-0.4, -0.2) is 21.4 Å². The summed E-state index contributed by atoms with van der Waals surface area (Å²) in [4.78, 5) is 29.8. The summed E-state index contributed by atoms with van der Waals surface area (Å²) in [5, 5.41) is 4.12. The van der Waals surface area contributed by atoms with Gasteiger partial charge >= 0.3 is 0 Å². The highest BCUT2D eigenvalue weighted by Crippen LogP contribution is 2.38. The van der Waals surface area contributed by atoms with E-state index in [4.69, 9.17) is 4.42 Å². The largest absolute Gasteiger partial charge is 0.445 e. The van der Waals surface area contributed by atoms with Crippen LogP contribution in [0.15, 0.2) is 59.5 Å². The van der Waals surface area contributed by atoms with Gasteiger partial charge in [0.2, 0.25) is 5.71 Å². The molecule has 2 amide bonds. The van der Waals surface area contributed by atoms with Gasteiger partial charge in [-0.05, 0) is 24.6 Å². The van der Waals surface area contributed by atoms with Gasteiger partial charge < -0.3 is 8.98 Å². The number of benzene rings is 1. The predicted molar refractivity (Wildman–Crippen MR) is 111 cm³/mol. The normalized spacial score (nSPS) is 14.4. The van der Waals surface area contributed by atoms with E-state index < -0.39 is 5.91 Å². The van der Waals surface area contributed by atoms with Crippen LogP contribution >= 0.6 is 0 Å². The molecule has 3 aromatic heterocycles. The molecule has 0 saturated carbocycles. The zero-order valence-electron chi connectivity index (χ0n) is 15.9. The van der Waals surface area contributed by atoms with Crippen molar-refractivity contribution in [2.75, 3.05) is 0 Å². The number of pyridine rings is 1. The SMILES string of the molecule is CCCCn1cc(C2=C(c3coc4ncccc34)C(=O)NC2=O)c2ccccc21. The number of amides is 2. The van der Waals surface area contributed by atoms with E-state index in [1.54, 1.807) is 12.3 Å². The second-order valence-corrected chi connectivity index (χ2v) is 7.15. The third-order valence-corrected chi connectivity index (χ3v) is 5.36. The molecule has 6 heteroatoms. The summed E-state index contributed by atoms with van der Waals surface area (Å²) in [5.74, 6) is -0.802. The minimum absolute atomic E-state index is 0.333. The molecule has 0 fully saturated rings. The molecule has 0 unspecified atom stereocenters. The molecule has 4 aromatic rings. The molecule has 144 valence electrons. The third kappa shape index (κ3) is 2.68. The molecule has 0 saturated heterocycles. The molecule has 0 bridgehead atoms. The molecule has 5 rings (SSSR count). The van der Waals surface area contributed by atoms with E-state index in [-0.39, 0.29) is 5.91 Å². The van der Waals surface area contributed by atoms with Crippen molar-refractivity contribution in [1.82, 2.24) is 14.9 Å². The highest BCUT2D eigenvalue weighted by atomic mass is 16.3. The minimum atomic E-state index is -0.415. The number of rotatable bonds is 5.